The lowest BCUT2D eigenvalue weighted by Gasteiger charge is -2.31. The van der Waals surface area contributed by atoms with Gasteiger partial charge in [0.2, 0.25) is 0 Å². The van der Waals surface area contributed by atoms with Crippen molar-refractivity contribution in [2.45, 2.75) is 50.9 Å². The fourth-order valence-electron chi connectivity index (χ4n) is 4.34. The molecular weight excluding hydrogens is 443 g/mol. The predicted octanol–water partition coefficient (Wildman–Crippen LogP) is 5.18. The van der Waals surface area contributed by atoms with Crippen molar-refractivity contribution in [3.63, 3.8) is 0 Å². The highest BCUT2D eigenvalue weighted by Gasteiger charge is 2.34. The fourth-order valence-corrected chi connectivity index (χ4v) is 4.34. The Labute approximate surface area is 196 Å². The summed E-state index contributed by atoms with van der Waals surface area (Å²) in [7, 11) is 3.79. The smallest absolute Gasteiger partial charge is 0.382 e. The van der Waals surface area contributed by atoms with Crippen LogP contribution in [0.2, 0.25) is 0 Å². The first-order valence-corrected chi connectivity index (χ1v) is 11.3. The van der Waals surface area contributed by atoms with Crippen molar-refractivity contribution in [2.75, 3.05) is 24.3 Å². The number of aryl methyl sites for hydroxylation is 1. The lowest BCUT2D eigenvalue weighted by molar-refractivity contribution is -0.140. The minimum atomic E-state index is -4.51. The van der Waals surface area contributed by atoms with E-state index in [4.69, 9.17) is 0 Å². The number of alkyl halides is 3. The van der Waals surface area contributed by atoms with Gasteiger partial charge < -0.3 is 15.5 Å². The number of anilines is 2. The molecule has 0 aliphatic heterocycles. The maximum absolute atomic E-state index is 13.3. The molecule has 34 heavy (non-hydrogen) atoms. The van der Waals surface area contributed by atoms with Crippen molar-refractivity contribution in [1.29, 1.82) is 0 Å². The van der Waals surface area contributed by atoms with Crippen LogP contribution in [0.4, 0.5) is 24.7 Å². The van der Waals surface area contributed by atoms with Gasteiger partial charge in [-0.25, -0.2) is 9.97 Å². The van der Waals surface area contributed by atoms with Crippen molar-refractivity contribution in [3.05, 3.63) is 59.4 Å². The molecule has 1 aromatic carbocycles. The van der Waals surface area contributed by atoms with Crippen LogP contribution in [-0.2, 0) is 6.18 Å². The second-order valence-electron chi connectivity index (χ2n) is 8.93. The minimum Gasteiger partial charge on any atom is -0.382 e. The van der Waals surface area contributed by atoms with E-state index in [0.717, 1.165) is 37.6 Å². The Morgan fingerprint density at radius 1 is 1.00 bits per heavy atom. The Balaban J connectivity index is 1.40. The number of hydrogen-bond acceptors (Lipinski definition) is 5. The van der Waals surface area contributed by atoms with E-state index in [9.17, 15) is 18.0 Å². The van der Waals surface area contributed by atoms with Crippen LogP contribution < -0.4 is 15.5 Å². The molecule has 180 valence electrons. The third-order valence-corrected chi connectivity index (χ3v) is 6.20. The topological polar surface area (TPSA) is 70.2 Å². The van der Waals surface area contributed by atoms with Gasteiger partial charge in [0.25, 0.3) is 5.91 Å². The van der Waals surface area contributed by atoms with Crippen LogP contribution in [0.1, 0.15) is 47.4 Å². The Morgan fingerprint density at radius 2 is 1.68 bits per heavy atom. The lowest BCUT2D eigenvalue weighted by Crippen LogP contribution is -2.40. The number of fused-ring (bicyclic) bond motifs is 1. The van der Waals surface area contributed by atoms with Crippen LogP contribution in [0.15, 0.2) is 42.5 Å². The molecule has 1 amide bonds. The molecular formula is C25H28F3N5O. The molecule has 1 aliphatic rings. The van der Waals surface area contributed by atoms with Gasteiger partial charge in [-0.15, -0.1) is 0 Å². The summed E-state index contributed by atoms with van der Waals surface area (Å²) in [5, 5.41) is 7.05. The van der Waals surface area contributed by atoms with Crippen molar-refractivity contribution in [1.82, 2.24) is 15.3 Å². The summed E-state index contributed by atoms with van der Waals surface area (Å²) in [6.45, 7) is 1.82. The molecule has 2 N–H and O–H groups in total. The first-order chi connectivity index (χ1) is 16.1. The van der Waals surface area contributed by atoms with Gasteiger partial charge in [0.15, 0.2) is 0 Å². The van der Waals surface area contributed by atoms with Gasteiger partial charge in [-0.1, -0.05) is 18.2 Å². The Bertz CT molecular complexity index is 1190. The summed E-state index contributed by atoms with van der Waals surface area (Å²) in [6, 6.07) is 11.5. The monoisotopic (exact) mass is 471 g/mol. The molecule has 6 nitrogen and oxygen atoms in total. The van der Waals surface area contributed by atoms with Gasteiger partial charge in [0, 0.05) is 37.3 Å². The highest BCUT2D eigenvalue weighted by atomic mass is 19.4. The summed E-state index contributed by atoms with van der Waals surface area (Å²) >= 11 is 0. The van der Waals surface area contributed by atoms with E-state index in [-0.39, 0.29) is 18.0 Å². The average molecular weight is 472 g/mol. The van der Waals surface area contributed by atoms with Crippen LogP contribution in [0.5, 0.6) is 0 Å². The molecule has 0 radical (unpaired) electrons. The lowest BCUT2D eigenvalue weighted by atomic mass is 9.90. The molecule has 3 aromatic rings. The summed E-state index contributed by atoms with van der Waals surface area (Å²) in [4.78, 5) is 22.9. The molecule has 0 unspecified atom stereocenters. The van der Waals surface area contributed by atoms with E-state index in [2.05, 4.69) is 20.6 Å². The van der Waals surface area contributed by atoms with Crippen molar-refractivity contribution in [2.24, 2.45) is 0 Å². The molecule has 1 saturated carbocycles. The Kier molecular flexibility index (Phi) is 6.63. The zero-order valence-electron chi connectivity index (χ0n) is 19.4. The second-order valence-corrected chi connectivity index (χ2v) is 8.93. The van der Waals surface area contributed by atoms with Crippen LogP contribution in [0.25, 0.3) is 10.9 Å². The molecule has 2 heterocycles. The number of halogens is 3. The zero-order chi connectivity index (χ0) is 24.5. The molecule has 0 spiro atoms. The standard InChI is InChI=1S/C25H28F3N5O/c1-15-18(12-13-23(29-15)33(2)3)24(34)31-17-10-8-16(9-11-17)30-21-14-22(25(26,27)28)32-20-7-5-4-6-19(20)21/h4-7,12-14,16-17H,8-11H2,1-3H3,(H,30,32)(H,31,34). The maximum atomic E-state index is 13.3. The second kappa shape index (κ2) is 9.48. The van der Waals surface area contributed by atoms with Gasteiger partial charge in [0.05, 0.1) is 16.8 Å². The van der Waals surface area contributed by atoms with Crippen LogP contribution in [0.3, 0.4) is 0 Å². The molecule has 1 fully saturated rings. The first-order valence-electron chi connectivity index (χ1n) is 11.3. The highest BCUT2D eigenvalue weighted by molar-refractivity contribution is 5.95. The Hall–Kier alpha value is -3.36. The van der Waals surface area contributed by atoms with Crippen molar-refractivity contribution < 1.29 is 18.0 Å². The van der Waals surface area contributed by atoms with E-state index < -0.39 is 11.9 Å². The molecule has 4 rings (SSSR count). The average Bonchev–Trinajstić information content (AvgIpc) is 2.79. The van der Waals surface area contributed by atoms with Crippen LogP contribution >= 0.6 is 0 Å². The Morgan fingerprint density at radius 3 is 2.32 bits per heavy atom. The number of pyridine rings is 2. The quantitative estimate of drug-likeness (QED) is 0.537. The summed E-state index contributed by atoms with van der Waals surface area (Å²) in [5.41, 5.74) is 1.06. The molecule has 0 saturated heterocycles. The summed E-state index contributed by atoms with van der Waals surface area (Å²) in [5.74, 6) is 0.639. The van der Waals surface area contributed by atoms with E-state index in [1.807, 2.05) is 32.0 Å². The predicted molar refractivity (Wildman–Crippen MR) is 127 cm³/mol. The number of carbonyl (C=O) groups excluding carboxylic acids is 1. The summed E-state index contributed by atoms with van der Waals surface area (Å²) < 4.78 is 40.0. The maximum Gasteiger partial charge on any atom is 0.433 e. The molecule has 9 heteroatoms. The zero-order valence-corrected chi connectivity index (χ0v) is 19.4. The van der Waals surface area contributed by atoms with Gasteiger partial charge in [-0.3, -0.25) is 4.79 Å². The van der Waals surface area contributed by atoms with E-state index in [1.54, 1.807) is 30.3 Å². The molecule has 1 aliphatic carbocycles. The third-order valence-electron chi connectivity index (χ3n) is 6.20. The number of para-hydroxylation sites is 1. The number of rotatable bonds is 5. The van der Waals surface area contributed by atoms with Crippen LogP contribution in [0, 0.1) is 6.92 Å². The van der Waals surface area contributed by atoms with Gasteiger partial charge >= 0.3 is 6.18 Å². The number of nitrogens with zero attached hydrogens (tertiary/aromatic N) is 3. The number of amides is 1. The van der Waals surface area contributed by atoms with E-state index in [0.29, 0.717) is 27.8 Å². The third kappa shape index (κ3) is 5.24. The van der Waals surface area contributed by atoms with Crippen molar-refractivity contribution >= 4 is 28.3 Å². The summed E-state index contributed by atoms with van der Waals surface area (Å²) in [6.07, 6.45) is -1.57. The number of benzene rings is 1. The molecule has 0 atom stereocenters. The molecule has 0 bridgehead atoms. The van der Waals surface area contributed by atoms with E-state index >= 15 is 0 Å². The van der Waals surface area contributed by atoms with Gasteiger partial charge in [-0.2, -0.15) is 13.2 Å². The SMILES string of the molecule is Cc1nc(N(C)C)ccc1C(=O)NC1CCC(Nc2cc(C(F)(F)F)nc3ccccc23)CC1. The molecule has 2 aromatic heterocycles. The normalized spacial score (nSPS) is 18.5. The van der Waals surface area contributed by atoms with Crippen molar-refractivity contribution in [3.8, 4) is 0 Å². The largest absolute Gasteiger partial charge is 0.433 e. The van der Waals surface area contributed by atoms with E-state index in [1.165, 1.54) is 0 Å². The number of aromatic nitrogens is 2. The number of hydrogen-bond donors (Lipinski definition) is 2. The van der Waals surface area contributed by atoms with Crippen LogP contribution in [-0.4, -0.2) is 42.1 Å². The first kappa shape index (κ1) is 23.8. The number of nitrogens with one attached hydrogen (secondary N) is 2. The van der Waals surface area contributed by atoms with Gasteiger partial charge in [0.1, 0.15) is 11.5 Å². The minimum absolute atomic E-state index is 0.0124. The van der Waals surface area contributed by atoms with Gasteiger partial charge in [-0.05, 0) is 56.9 Å². The highest BCUT2D eigenvalue weighted by Crippen LogP contribution is 2.34. The fraction of sp³-hybridized carbons (Fsp3) is 0.400. The number of carbonyl (C=O) groups is 1.